The number of ether oxygens (including phenoxy) is 1. The monoisotopic (exact) mass is 391 g/mol. The van der Waals surface area contributed by atoms with Crippen LogP contribution in [0.4, 0.5) is 0 Å². The third-order valence-corrected chi connectivity index (χ3v) is 5.55. The number of hydrogen-bond acceptors (Lipinski definition) is 3. The smallest absolute Gasteiger partial charge is 0.252 e. The zero-order chi connectivity index (χ0) is 19.8. The Morgan fingerprint density at radius 1 is 0.964 bits per heavy atom. The maximum absolute atomic E-state index is 12.9. The lowest BCUT2D eigenvalue weighted by molar-refractivity contribution is 0.0937. The van der Waals surface area contributed by atoms with Crippen molar-refractivity contribution >= 4 is 17.7 Å². The van der Waals surface area contributed by atoms with Crippen LogP contribution in [0.5, 0.6) is 5.75 Å². The van der Waals surface area contributed by atoms with Crippen molar-refractivity contribution in [3.05, 3.63) is 95.6 Å². The summed E-state index contributed by atoms with van der Waals surface area (Å²) in [7, 11) is 0. The van der Waals surface area contributed by atoms with Crippen LogP contribution in [0.15, 0.2) is 83.8 Å². The molecule has 0 aliphatic heterocycles. The molecule has 28 heavy (non-hydrogen) atoms. The van der Waals surface area contributed by atoms with E-state index in [1.165, 1.54) is 5.56 Å². The molecule has 0 fully saturated rings. The molecule has 4 heteroatoms. The van der Waals surface area contributed by atoms with E-state index in [0.29, 0.717) is 12.2 Å². The van der Waals surface area contributed by atoms with Gasteiger partial charge in [-0.15, -0.1) is 11.8 Å². The summed E-state index contributed by atoms with van der Waals surface area (Å²) in [4.78, 5) is 13.9. The summed E-state index contributed by atoms with van der Waals surface area (Å²) in [6.45, 7) is 4.60. The van der Waals surface area contributed by atoms with E-state index in [4.69, 9.17) is 4.74 Å². The van der Waals surface area contributed by atoms with E-state index in [-0.39, 0.29) is 11.9 Å². The summed E-state index contributed by atoms with van der Waals surface area (Å²) in [5, 5.41) is 3.11. The highest BCUT2D eigenvalue weighted by atomic mass is 32.2. The van der Waals surface area contributed by atoms with Crippen molar-refractivity contribution in [3.8, 4) is 5.75 Å². The molecule has 0 bridgehead atoms. The second-order valence-electron chi connectivity index (χ2n) is 6.47. The summed E-state index contributed by atoms with van der Waals surface area (Å²) in [5.41, 5.74) is 3.00. The van der Waals surface area contributed by atoms with Gasteiger partial charge in [0.2, 0.25) is 0 Å². The molecule has 0 spiro atoms. The second-order valence-corrected chi connectivity index (χ2v) is 7.48. The van der Waals surface area contributed by atoms with Gasteiger partial charge in [0.15, 0.2) is 0 Å². The highest BCUT2D eigenvalue weighted by Crippen LogP contribution is 2.27. The molecule has 3 rings (SSSR count). The Bertz CT molecular complexity index is 894. The maximum atomic E-state index is 12.9. The number of rotatable bonds is 8. The second kappa shape index (κ2) is 10.00. The van der Waals surface area contributed by atoms with Crippen molar-refractivity contribution in [2.24, 2.45) is 0 Å². The highest BCUT2D eigenvalue weighted by molar-refractivity contribution is 7.98. The maximum Gasteiger partial charge on any atom is 0.252 e. The Morgan fingerprint density at radius 2 is 1.64 bits per heavy atom. The van der Waals surface area contributed by atoms with Crippen molar-refractivity contribution in [2.75, 3.05) is 6.61 Å². The number of carbonyl (C=O) groups is 1. The van der Waals surface area contributed by atoms with Crippen LogP contribution in [-0.4, -0.2) is 12.5 Å². The quantitative estimate of drug-likeness (QED) is 0.488. The van der Waals surface area contributed by atoms with Crippen LogP contribution in [0.25, 0.3) is 0 Å². The molecule has 1 amide bonds. The third-order valence-electron chi connectivity index (χ3n) is 4.41. The first-order chi connectivity index (χ1) is 13.7. The molecule has 0 unspecified atom stereocenters. The van der Waals surface area contributed by atoms with Crippen LogP contribution in [0, 0.1) is 0 Å². The van der Waals surface area contributed by atoms with E-state index < -0.39 is 0 Å². The lowest BCUT2D eigenvalue weighted by Crippen LogP contribution is -2.27. The van der Waals surface area contributed by atoms with Crippen molar-refractivity contribution in [1.82, 2.24) is 5.32 Å². The third kappa shape index (κ3) is 5.40. The summed E-state index contributed by atoms with van der Waals surface area (Å²) >= 11 is 1.68. The lowest BCUT2D eigenvalue weighted by atomic mass is 10.1. The first kappa shape index (κ1) is 20.0. The number of carbonyl (C=O) groups excluding carboxylic acids is 1. The fourth-order valence-electron chi connectivity index (χ4n) is 2.89. The Morgan fingerprint density at radius 3 is 2.36 bits per heavy atom. The van der Waals surface area contributed by atoms with E-state index in [1.54, 1.807) is 11.8 Å². The van der Waals surface area contributed by atoms with Crippen LogP contribution in [-0.2, 0) is 5.75 Å². The molecule has 1 atom stereocenters. The molecule has 0 aliphatic carbocycles. The van der Waals surface area contributed by atoms with Gasteiger partial charge < -0.3 is 10.1 Å². The van der Waals surface area contributed by atoms with Gasteiger partial charge in [0.05, 0.1) is 18.2 Å². The van der Waals surface area contributed by atoms with Crippen LogP contribution in [0.2, 0.25) is 0 Å². The predicted octanol–water partition coefficient (Wildman–Crippen LogP) is 5.87. The Balaban J connectivity index is 1.66. The fraction of sp³-hybridized carbons (Fsp3) is 0.208. The van der Waals surface area contributed by atoms with Gasteiger partial charge in [-0.2, -0.15) is 0 Å². The number of hydrogen-bond donors (Lipinski definition) is 1. The van der Waals surface area contributed by atoms with Crippen LogP contribution in [0.1, 0.15) is 41.4 Å². The summed E-state index contributed by atoms with van der Waals surface area (Å²) in [5.74, 6) is 1.62. The number of nitrogens with one attached hydrogen (secondary N) is 1. The molecule has 3 aromatic rings. The van der Waals surface area contributed by atoms with E-state index >= 15 is 0 Å². The first-order valence-corrected chi connectivity index (χ1v) is 10.5. The van der Waals surface area contributed by atoms with E-state index in [0.717, 1.165) is 22.0 Å². The minimum absolute atomic E-state index is 0.0578. The zero-order valence-electron chi connectivity index (χ0n) is 16.2. The van der Waals surface area contributed by atoms with Crippen molar-refractivity contribution in [2.45, 2.75) is 30.5 Å². The minimum atomic E-state index is -0.0876. The lowest BCUT2D eigenvalue weighted by Gasteiger charge is -2.16. The van der Waals surface area contributed by atoms with Gasteiger partial charge in [0, 0.05) is 10.6 Å². The molecular weight excluding hydrogens is 366 g/mol. The average Bonchev–Trinajstić information content (AvgIpc) is 2.74. The fourth-order valence-corrected chi connectivity index (χ4v) is 3.90. The number of amides is 1. The van der Waals surface area contributed by atoms with Gasteiger partial charge in [0.1, 0.15) is 5.75 Å². The van der Waals surface area contributed by atoms with E-state index in [1.807, 2.05) is 80.6 Å². The summed E-state index contributed by atoms with van der Waals surface area (Å²) in [6, 6.07) is 25.8. The highest BCUT2D eigenvalue weighted by Gasteiger charge is 2.15. The molecule has 0 aromatic heterocycles. The molecule has 0 saturated heterocycles. The number of thioether (sulfide) groups is 1. The standard InChI is InChI=1S/C24H25NO2S/c1-3-27-21-15-13-20(14-16-21)18(2)25-24(26)22-11-7-8-12-23(22)28-17-19-9-5-4-6-10-19/h4-16,18H,3,17H2,1-2H3,(H,25,26)/t18-/m0/s1. The van der Waals surface area contributed by atoms with Gasteiger partial charge in [-0.25, -0.2) is 0 Å². The molecule has 0 radical (unpaired) electrons. The largest absolute Gasteiger partial charge is 0.494 e. The predicted molar refractivity (Wildman–Crippen MR) is 116 cm³/mol. The van der Waals surface area contributed by atoms with Crippen molar-refractivity contribution in [3.63, 3.8) is 0 Å². The SMILES string of the molecule is CCOc1ccc([C@H](C)NC(=O)c2ccccc2SCc2ccccc2)cc1. The van der Waals surface area contributed by atoms with E-state index in [2.05, 4.69) is 17.4 Å². The summed E-state index contributed by atoms with van der Waals surface area (Å²) < 4.78 is 5.48. The molecule has 3 aromatic carbocycles. The van der Waals surface area contributed by atoms with Crippen molar-refractivity contribution < 1.29 is 9.53 Å². The van der Waals surface area contributed by atoms with Crippen LogP contribution in [0.3, 0.4) is 0 Å². The van der Waals surface area contributed by atoms with Crippen molar-refractivity contribution in [1.29, 1.82) is 0 Å². The van der Waals surface area contributed by atoms with Gasteiger partial charge in [-0.3, -0.25) is 4.79 Å². The molecular formula is C24H25NO2S. The van der Waals surface area contributed by atoms with E-state index in [9.17, 15) is 4.79 Å². The normalized spacial score (nSPS) is 11.6. The Hall–Kier alpha value is -2.72. The molecule has 1 N–H and O–H groups in total. The molecule has 0 saturated carbocycles. The van der Waals surface area contributed by atoms with Gasteiger partial charge in [-0.1, -0.05) is 54.6 Å². The molecule has 144 valence electrons. The Kier molecular flexibility index (Phi) is 7.15. The van der Waals surface area contributed by atoms with Gasteiger partial charge in [-0.05, 0) is 49.2 Å². The minimum Gasteiger partial charge on any atom is -0.494 e. The molecule has 3 nitrogen and oxygen atoms in total. The topological polar surface area (TPSA) is 38.3 Å². The molecule has 0 heterocycles. The zero-order valence-corrected chi connectivity index (χ0v) is 17.0. The van der Waals surface area contributed by atoms with Gasteiger partial charge >= 0.3 is 0 Å². The average molecular weight is 392 g/mol. The van der Waals surface area contributed by atoms with Crippen LogP contribution < -0.4 is 10.1 Å². The number of benzene rings is 3. The Labute approximate surface area is 171 Å². The first-order valence-electron chi connectivity index (χ1n) is 9.46. The summed E-state index contributed by atoms with van der Waals surface area (Å²) in [6.07, 6.45) is 0. The van der Waals surface area contributed by atoms with Crippen LogP contribution >= 0.6 is 11.8 Å². The molecule has 0 aliphatic rings. The van der Waals surface area contributed by atoms with Gasteiger partial charge in [0.25, 0.3) is 5.91 Å².